The second kappa shape index (κ2) is 2.80. The second-order valence-corrected chi connectivity index (χ2v) is 3.80. The van der Waals surface area contributed by atoms with Crippen LogP contribution >= 0.6 is 0 Å². The summed E-state index contributed by atoms with van der Waals surface area (Å²) >= 11 is 0. The summed E-state index contributed by atoms with van der Waals surface area (Å²) in [7, 11) is 0. The highest BCUT2D eigenvalue weighted by Gasteiger charge is 2.48. The predicted octanol–water partition coefficient (Wildman–Crippen LogP) is 2.15. The molecule has 14 heavy (non-hydrogen) atoms. The average molecular weight is 194 g/mol. The molecule has 0 atom stereocenters. The molecule has 74 valence electrons. The van der Waals surface area contributed by atoms with Gasteiger partial charge in [-0.25, -0.2) is 4.39 Å². The van der Waals surface area contributed by atoms with E-state index in [-0.39, 0.29) is 11.5 Å². The average Bonchev–Trinajstić information content (AvgIpc) is 2.90. The van der Waals surface area contributed by atoms with Crippen molar-refractivity contribution in [3.8, 4) is 5.75 Å². The summed E-state index contributed by atoms with van der Waals surface area (Å²) in [6.45, 7) is 1.53. The van der Waals surface area contributed by atoms with Crippen LogP contribution in [0.15, 0.2) is 18.2 Å². The van der Waals surface area contributed by atoms with Crippen LogP contribution in [0.25, 0.3) is 0 Å². The van der Waals surface area contributed by atoms with Gasteiger partial charge < -0.3 is 5.11 Å². The number of halogens is 1. The summed E-state index contributed by atoms with van der Waals surface area (Å²) < 4.78 is 13.0. The molecule has 1 aromatic rings. The van der Waals surface area contributed by atoms with Crippen LogP contribution in [-0.4, -0.2) is 10.9 Å². The Hall–Kier alpha value is -1.38. The quantitative estimate of drug-likeness (QED) is 0.783. The minimum Gasteiger partial charge on any atom is -0.505 e. The maximum atomic E-state index is 13.0. The number of hydrogen-bond donors (Lipinski definition) is 1. The molecule has 3 heteroatoms. The standard InChI is InChI=1S/C11H11FO2/c1-7(13)11(4-5-11)8-2-3-10(14)9(12)6-8/h2-3,6,14H,4-5H2,1H3. The first-order valence-corrected chi connectivity index (χ1v) is 4.56. The van der Waals surface area contributed by atoms with Gasteiger partial charge in [-0.3, -0.25) is 4.79 Å². The Kier molecular flexibility index (Phi) is 1.84. The summed E-state index contributed by atoms with van der Waals surface area (Å²) in [5.74, 6) is -0.953. The van der Waals surface area contributed by atoms with E-state index < -0.39 is 11.2 Å². The Morgan fingerprint density at radius 2 is 2.14 bits per heavy atom. The molecule has 0 heterocycles. The van der Waals surface area contributed by atoms with Gasteiger partial charge in [0.2, 0.25) is 0 Å². The van der Waals surface area contributed by atoms with Gasteiger partial charge in [-0.2, -0.15) is 0 Å². The molecule has 2 rings (SSSR count). The van der Waals surface area contributed by atoms with Gasteiger partial charge in [-0.15, -0.1) is 0 Å². The van der Waals surface area contributed by atoms with E-state index in [4.69, 9.17) is 5.11 Å². The number of carbonyl (C=O) groups is 1. The fraction of sp³-hybridized carbons (Fsp3) is 0.364. The first-order chi connectivity index (χ1) is 6.56. The van der Waals surface area contributed by atoms with Crippen molar-refractivity contribution in [2.24, 2.45) is 0 Å². The number of Topliss-reactive ketones (excluding diaryl/α,β-unsaturated/α-hetero) is 1. The topological polar surface area (TPSA) is 37.3 Å². The van der Waals surface area contributed by atoms with Gasteiger partial charge in [0, 0.05) is 0 Å². The number of ketones is 1. The minimum atomic E-state index is -0.657. The van der Waals surface area contributed by atoms with Gasteiger partial charge in [0.25, 0.3) is 0 Å². The molecule has 0 aromatic heterocycles. The Labute approximate surface area is 81.4 Å². The molecule has 1 saturated carbocycles. The number of aromatic hydroxyl groups is 1. The molecule has 0 spiro atoms. The van der Waals surface area contributed by atoms with Crippen molar-refractivity contribution >= 4 is 5.78 Å². The molecule has 2 nitrogen and oxygen atoms in total. The van der Waals surface area contributed by atoms with E-state index in [1.165, 1.54) is 19.1 Å². The number of carbonyl (C=O) groups excluding carboxylic acids is 1. The zero-order chi connectivity index (χ0) is 10.3. The van der Waals surface area contributed by atoms with Gasteiger partial charge in [-0.05, 0) is 37.5 Å². The zero-order valence-corrected chi connectivity index (χ0v) is 7.88. The third-order valence-corrected chi connectivity index (χ3v) is 2.92. The van der Waals surface area contributed by atoms with Crippen LogP contribution < -0.4 is 0 Å². The van der Waals surface area contributed by atoms with Crippen LogP contribution in [0.2, 0.25) is 0 Å². The maximum absolute atomic E-state index is 13.0. The SMILES string of the molecule is CC(=O)C1(c2ccc(O)c(F)c2)CC1. The number of phenolic OH excluding ortho intramolecular Hbond substituents is 1. The van der Waals surface area contributed by atoms with Crippen LogP contribution in [0, 0.1) is 5.82 Å². The first-order valence-electron chi connectivity index (χ1n) is 4.56. The summed E-state index contributed by atoms with van der Waals surface area (Å²) in [6, 6.07) is 4.17. The molecule has 0 aliphatic heterocycles. The monoisotopic (exact) mass is 194 g/mol. The van der Waals surface area contributed by atoms with Crippen molar-refractivity contribution in [1.29, 1.82) is 0 Å². The molecular weight excluding hydrogens is 183 g/mol. The lowest BCUT2D eigenvalue weighted by Crippen LogP contribution is -2.16. The molecule has 0 unspecified atom stereocenters. The number of hydrogen-bond acceptors (Lipinski definition) is 2. The third kappa shape index (κ3) is 1.20. The lowest BCUT2D eigenvalue weighted by atomic mass is 9.92. The molecule has 1 N–H and O–H groups in total. The lowest BCUT2D eigenvalue weighted by molar-refractivity contribution is -0.119. The summed E-state index contributed by atoms with van der Waals surface area (Å²) in [6.07, 6.45) is 1.57. The third-order valence-electron chi connectivity index (χ3n) is 2.92. The van der Waals surface area contributed by atoms with Crippen LogP contribution in [0.4, 0.5) is 4.39 Å². The van der Waals surface area contributed by atoms with E-state index in [1.54, 1.807) is 6.07 Å². The second-order valence-electron chi connectivity index (χ2n) is 3.80. The van der Waals surface area contributed by atoms with Crippen molar-refractivity contribution in [1.82, 2.24) is 0 Å². The van der Waals surface area contributed by atoms with Crippen molar-refractivity contribution in [2.75, 3.05) is 0 Å². The first kappa shape index (κ1) is 9.19. The highest BCUT2D eigenvalue weighted by atomic mass is 19.1. The molecule has 1 aliphatic carbocycles. The zero-order valence-electron chi connectivity index (χ0n) is 7.88. The maximum Gasteiger partial charge on any atom is 0.165 e. The Morgan fingerprint density at radius 1 is 1.50 bits per heavy atom. The van der Waals surface area contributed by atoms with E-state index in [0.29, 0.717) is 5.56 Å². The number of phenols is 1. The molecule has 0 bridgehead atoms. The van der Waals surface area contributed by atoms with Crippen molar-refractivity contribution in [3.05, 3.63) is 29.6 Å². The van der Waals surface area contributed by atoms with Crippen LogP contribution in [0.1, 0.15) is 25.3 Å². The Bertz CT molecular complexity index is 394. The molecular formula is C11H11FO2. The van der Waals surface area contributed by atoms with Gasteiger partial charge >= 0.3 is 0 Å². The van der Waals surface area contributed by atoms with Gasteiger partial charge in [0.15, 0.2) is 11.6 Å². The Morgan fingerprint density at radius 3 is 2.57 bits per heavy atom. The molecule has 0 radical (unpaired) electrons. The Balaban J connectivity index is 2.43. The van der Waals surface area contributed by atoms with Gasteiger partial charge in [0.05, 0.1) is 5.41 Å². The van der Waals surface area contributed by atoms with Crippen molar-refractivity contribution in [3.63, 3.8) is 0 Å². The summed E-state index contributed by atoms with van der Waals surface area (Å²) in [5, 5.41) is 9.01. The number of benzene rings is 1. The normalized spacial score (nSPS) is 17.9. The molecule has 1 aliphatic rings. The van der Waals surface area contributed by atoms with E-state index in [1.807, 2.05) is 0 Å². The molecule has 0 saturated heterocycles. The molecule has 0 amide bonds. The smallest absolute Gasteiger partial charge is 0.165 e. The van der Waals surface area contributed by atoms with Gasteiger partial charge in [0.1, 0.15) is 5.78 Å². The van der Waals surface area contributed by atoms with Crippen LogP contribution in [0.3, 0.4) is 0 Å². The molecule has 1 fully saturated rings. The molecule has 1 aromatic carbocycles. The van der Waals surface area contributed by atoms with Crippen molar-refractivity contribution < 1.29 is 14.3 Å². The van der Waals surface area contributed by atoms with Crippen LogP contribution in [-0.2, 0) is 10.2 Å². The van der Waals surface area contributed by atoms with E-state index in [2.05, 4.69) is 0 Å². The largest absolute Gasteiger partial charge is 0.505 e. The lowest BCUT2D eigenvalue weighted by Gasteiger charge is -2.11. The number of rotatable bonds is 2. The van der Waals surface area contributed by atoms with Crippen LogP contribution in [0.5, 0.6) is 5.75 Å². The van der Waals surface area contributed by atoms with Gasteiger partial charge in [-0.1, -0.05) is 6.07 Å². The van der Waals surface area contributed by atoms with E-state index in [0.717, 1.165) is 12.8 Å². The van der Waals surface area contributed by atoms with E-state index >= 15 is 0 Å². The van der Waals surface area contributed by atoms with E-state index in [9.17, 15) is 9.18 Å². The fourth-order valence-electron chi connectivity index (χ4n) is 1.77. The minimum absolute atomic E-state index is 0.0718. The summed E-state index contributed by atoms with van der Waals surface area (Å²) in [4.78, 5) is 11.3. The predicted molar refractivity (Wildman–Crippen MR) is 49.7 cm³/mol. The summed E-state index contributed by atoms with van der Waals surface area (Å²) in [5.41, 5.74) is 0.217. The highest BCUT2D eigenvalue weighted by Crippen LogP contribution is 2.49. The van der Waals surface area contributed by atoms with Crippen molar-refractivity contribution in [2.45, 2.75) is 25.2 Å². The fourth-order valence-corrected chi connectivity index (χ4v) is 1.77. The highest BCUT2D eigenvalue weighted by molar-refractivity contribution is 5.91.